The summed E-state index contributed by atoms with van der Waals surface area (Å²) in [6.45, 7) is 15.0. The van der Waals surface area contributed by atoms with Crippen LogP contribution in [0.3, 0.4) is 0 Å². The highest BCUT2D eigenvalue weighted by Gasteiger charge is 2.64. The number of nitrogens with zero attached hydrogens (tertiary/aromatic N) is 3. The van der Waals surface area contributed by atoms with E-state index in [1.54, 1.807) is 5.71 Å². The van der Waals surface area contributed by atoms with E-state index in [4.69, 9.17) is 0 Å². The lowest BCUT2D eigenvalue weighted by atomic mass is 9.96. The van der Waals surface area contributed by atoms with Crippen molar-refractivity contribution in [1.29, 1.82) is 0 Å². The second kappa shape index (κ2) is 7.78. The van der Waals surface area contributed by atoms with E-state index < -0.39 is 0 Å². The van der Waals surface area contributed by atoms with Gasteiger partial charge in [0.05, 0.1) is 0 Å². The van der Waals surface area contributed by atoms with Crippen molar-refractivity contribution in [2.24, 2.45) is 0 Å². The molecule has 0 radical (unpaired) electrons. The van der Waals surface area contributed by atoms with Crippen molar-refractivity contribution < 1.29 is 4.58 Å². The normalized spacial score (nSPS) is 47.3. The van der Waals surface area contributed by atoms with Crippen LogP contribution in [0.4, 0.5) is 0 Å². The van der Waals surface area contributed by atoms with Gasteiger partial charge in [0.15, 0.2) is 5.71 Å². The van der Waals surface area contributed by atoms with Crippen molar-refractivity contribution in [1.82, 2.24) is 9.80 Å². The molecule has 1 aliphatic carbocycles. The SMILES string of the molecule is C[C@@H]1CCC[C@H](C)N1C1C(=[N+]2[C@H](C)CCC[C@@H]2C)C1N1[C@H](C)CCC[C@@H]1C. The fraction of sp³-hybridized carbons (Fsp3) is 0.958. The maximum atomic E-state index is 2.94. The van der Waals surface area contributed by atoms with Gasteiger partial charge in [0.2, 0.25) is 0 Å². The van der Waals surface area contributed by atoms with Gasteiger partial charge in [-0.1, -0.05) is 12.8 Å². The summed E-state index contributed by atoms with van der Waals surface area (Å²) in [6.07, 6.45) is 12.5. The standard InChI is InChI=1S/C24H44N3/c1-16-10-7-11-17(2)25(16)22-23(26-18(3)12-8-13-19(26)4)24(22)27-20(5)14-9-15-21(27)6/h16-23H,7-15H2,1-6H3/q+1/t16-,17+,18-,19+,20-,21+,22?,23?. The molecular weight excluding hydrogens is 330 g/mol. The van der Waals surface area contributed by atoms with Crippen LogP contribution in [-0.4, -0.2) is 68.4 Å². The zero-order valence-electron chi connectivity index (χ0n) is 18.8. The van der Waals surface area contributed by atoms with Crippen molar-refractivity contribution in [3.63, 3.8) is 0 Å². The Morgan fingerprint density at radius 3 is 1.26 bits per heavy atom. The van der Waals surface area contributed by atoms with Crippen LogP contribution >= 0.6 is 0 Å². The predicted octanol–water partition coefficient (Wildman–Crippen LogP) is 4.68. The average Bonchev–Trinajstić information content (AvgIpc) is 3.28. The van der Waals surface area contributed by atoms with Crippen LogP contribution in [0, 0.1) is 0 Å². The minimum atomic E-state index is 0.682. The number of rotatable bonds is 2. The van der Waals surface area contributed by atoms with E-state index in [2.05, 4.69) is 55.9 Å². The third kappa shape index (κ3) is 3.52. The maximum absolute atomic E-state index is 2.94. The van der Waals surface area contributed by atoms with E-state index in [0.29, 0.717) is 12.1 Å². The van der Waals surface area contributed by atoms with Gasteiger partial charge in [-0.3, -0.25) is 9.80 Å². The van der Waals surface area contributed by atoms with Crippen molar-refractivity contribution in [3.8, 4) is 0 Å². The molecule has 0 aromatic heterocycles. The summed E-state index contributed by atoms with van der Waals surface area (Å²) in [5.74, 6) is 0. The van der Waals surface area contributed by atoms with E-state index in [-0.39, 0.29) is 0 Å². The molecule has 0 aromatic carbocycles. The zero-order valence-corrected chi connectivity index (χ0v) is 18.8. The van der Waals surface area contributed by atoms with E-state index in [9.17, 15) is 0 Å². The number of hydrogen-bond donors (Lipinski definition) is 0. The molecule has 4 aliphatic rings. The smallest absolute Gasteiger partial charge is 0.191 e. The molecule has 0 N–H and O–H groups in total. The lowest BCUT2D eigenvalue weighted by Gasteiger charge is -2.42. The van der Waals surface area contributed by atoms with Gasteiger partial charge in [-0.25, -0.2) is 4.58 Å². The summed E-state index contributed by atoms with van der Waals surface area (Å²) in [5.41, 5.74) is 1.80. The Hall–Kier alpha value is -0.410. The van der Waals surface area contributed by atoms with Crippen LogP contribution in [0.25, 0.3) is 0 Å². The minimum Gasteiger partial charge on any atom is -0.284 e. The molecule has 3 heterocycles. The number of likely N-dealkylation sites (tertiary alicyclic amines) is 2. The Bertz CT molecular complexity index is 504. The first-order chi connectivity index (χ1) is 12.9. The Morgan fingerprint density at radius 1 is 0.556 bits per heavy atom. The molecule has 0 aromatic rings. The summed E-state index contributed by atoms with van der Waals surface area (Å²) in [6, 6.07) is 5.77. The van der Waals surface area contributed by atoms with Gasteiger partial charge in [0.1, 0.15) is 24.2 Å². The molecular formula is C24H44N3+. The second-order valence-corrected chi connectivity index (χ2v) is 10.5. The van der Waals surface area contributed by atoms with Gasteiger partial charge in [-0.2, -0.15) is 0 Å². The number of hydrogen-bond acceptors (Lipinski definition) is 2. The van der Waals surface area contributed by atoms with Crippen LogP contribution in [0.2, 0.25) is 0 Å². The fourth-order valence-corrected chi connectivity index (χ4v) is 7.07. The highest BCUT2D eigenvalue weighted by atomic mass is 15.4. The lowest BCUT2D eigenvalue weighted by molar-refractivity contribution is -0.604. The molecule has 2 unspecified atom stereocenters. The highest BCUT2D eigenvalue weighted by molar-refractivity contribution is 6.08. The number of piperidine rings is 3. The molecule has 4 rings (SSSR count). The third-order valence-corrected chi connectivity index (χ3v) is 8.45. The summed E-state index contributed by atoms with van der Waals surface area (Å²) < 4.78 is 2.89. The summed E-state index contributed by atoms with van der Waals surface area (Å²) in [4.78, 5) is 5.87. The summed E-state index contributed by atoms with van der Waals surface area (Å²) in [7, 11) is 0. The molecule has 0 bridgehead atoms. The van der Waals surface area contributed by atoms with Gasteiger partial charge in [0.25, 0.3) is 0 Å². The summed E-state index contributed by atoms with van der Waals surface area (Å²) >= 11 is 0. The first kappa shape index (κ1) is 19.9. The molecule has 4 fully saturated rings. The molecule has 8 atom stereocenters. The molecule has 3 aliphatic heterocycles. The molecule has 154 valence electrons. The molecule has 3 heteroatoms. The Labute approximate surface area is 168 Å². The van der Waals surface area contributed by atoms with Crippen LogP contribution in [0.5, 0.6) is 0 Å². The Kier molecular flexibility index (Phi) is 5.73. The van der Waals surface area contributed by atoms with E-state index >= 15 is 0 Å². The van der Waals surface area contributed by atoms with Crippen LogP contribution < -0.4 is 0 Å². The highest BCUT2D eigenvalue weighted by Crippen LogP contribution is 2.42. The molecule has 0 spiro atoms. The molecule has 27 heavy (non-hydrogen) atoms. The lowest BCUT2D eigenvalue weighted by Crippen LogP contribution is -2.51. The third-order valence-electron chi connectivity index (χ3n) is 8.45. The van der Waals surface area contributed by atoms with Crippen molar-refractivity contribution >= 4 is 5.71 Å². The second-order valence-electron chi connectivity index (χ2n) is 10.5. The van der Waals surface area contributed by atoms with Gasteiger partial charge >= 0.3 is 0 Å². The Balaban J connectivity index is 1.72. The molecule has 1 saturated carbocycles. The maximum Gasteiger partial charge on any atom is 0.191 e. The van der Waals surface area contributed by atoms with Crippen molar-refractivity contribution in [2.75, 3.05) is 0 Å². The van der Waals surface area contributed by atoms with Crippen LogP contribution in [0.1, 0.15) is 99.3 Å². The van der Waals surface area contributed by atoms with Crippen molar-refractivity contribution in [3.05, 3.63) is 0 Å². The monoisotopic (exact) mass is 374 g/mol. The quantitative estimate of drug-likeness (QED) is 0.649. The van der Waals surface area contributed by atoms with E-state index in [1.165, 1.54) is 57.8 Å². The summed E-state index contributed by atoms with van der Waals surface area (Å²) in [5, 5.41) is 0. The fourth-order valence-electron chi connectivity index (χ4n) is 7.07. The topological polar surface area (TPSA) is 9.49 Å². The molecule has 3 saturated heterocycles. The molecule has 3 nitrogen and oxygen atoms in total. The van der Waals surface area contributed by atoms with Crippen molar-refractivity contribution in [2.45, 2.75) is 148 Å². The Morgan fingerprint density at radius 2 is 0.889 bits per heavy atom. The van der Waals surface area contributed by atoms with Gasteiger partial charge < -0.3 is 0 Å². The predicted molar refractivity (Wildman–Crippen MR) is 115 cm³/mol. The largest absolute Gasteiger partial charge is 0.284 e. The van der Waals surface area contributed by atoms with E-state index in [1.807, 2.05) is 0 Å². The zero-order chi connectivity index (χ0) is 19.3. The molecule has 0 amide bonds. The first-order valence-electron chi connectivity index (χ1n) is 12.1. The average molecular weight is 375 g/mol. The van der Waals surface area contributed by atoms with Gasteiger partial charge in [-0.05, 0) is 73.6 Å². The van der Waals surface area contributed by atoms with Crippen LogP contribution in [0.15, 0.2) is 0 Å². The first-order valence-corrected chi connectivity index (χ1v) is 12.1. The van der Waals surface area contributed by atoms with Gasteiger partial charge in [0, 0.05) is 37.0 Å². The van der Waals surface area contributed by atoms with Crippen LogP contribution in [-0.2, 0) is 0 Å². The van der Waals surface area contributed by atoms with E-state index in [0.717, 1.165) is 36.3 Å². The minimum absolute atomic E-state index is 0.682. The van der Waals surface area contributed by atoms with Gasteiger partial charge in [-0.15, -0.1) is 0 Å².